The number of nitrogens with zero attached hydrogens (tertiary/aromatic N) is 3. The number of nitrogens with two attached hydrogens (primary N) is 1. The van der Waals surface area contributed by atoms with Gasteiger partial charge in [0.25, 0.3) is 0 Å². The Bertz CT molecular complexity index is 275. The average molecular weight is 245 g/mol. The fourth-order valence-corrected chi connectivity index (χ4v) is 1.74. The van der Waals surface area contributed by atoms with Gasteiger partial charge >= 0.3 is 0 Å². The van der Waals surface area contributed by atoms with Crippen LogP contribution in [0, 0.1) is 0 Å². The molecule has 0 spiro atoms. The smallest absolute Gasteiger partial charge is 0.213 e. The summed E-state index contributed by atoms with van der Waals surface area (Å²) in [4.78, 5) is 8.73. The maximum Gasteiger partial charge on any atom is 0.213 e. The van der Waals surface area contributed by atoms with Crippen molar-refractivity contribution in [2.24, 2.45) is 15.8 Å². The van der Waals surface area contributed by atoms with Gasteiger partial charge in [-0.25, -0.2) is 15.8 Å². The normalized spacial score (nSPS) is 20.8. The Morgan fingerprint density at radius 3 is 2.50 bits per heavy atom. The summed E-state index contributed by atoms with van der Waals surface area (Å²) in [6, 6.07) is 0. The van der Waals surface area contributed by atoms with Gasteiger partial charge in [-0.3, -0.25) is 5.01 Å². The Hall–Kier alpha value is -0.610. The Morgan fingerprint density at radius 1 is 1.25 bits per heavy atom. The van der Waals surface area contributed by atoms with Crippen molar-refractivity contribution in [3.05, 3.63) is 0 Å². The molecule has 0 aromatic carbocycles. The van der Waals surface area contributed by atoms with Crippen LogP contribution < -0.4 is 5.84 Å². The fourth-order valence-electron chi connectivity index (χ4n) is 1.52. The summed E-state index contributed by atoms with van der Waals surface area (Å²) in [5.74, 6) is 7.52. The Balaban J connectivity index is 2.64. The summed E-state index contributed by atoms with van der Waals surface area (Å²) >= 11 is 6.05. The minimum Gasteiger partial charge on any atom is -0.259 e. The van der Waals surface area contributed by atoms with Crippen LogP contribution >= 0.6 is 11.6 Å². The van der Waals surface area contributed by atoms with Crippen molar-refractivity contribution < 1.29 is 0 Å². The molecular weight excluding hydrogens is 224 g/mol. The third-order valence-corrected chi connectivity index (χ3v) is 2.86. The second kappa shape index (κ2) is 6.86. The SMILES string of the molecule is CCCCC1=NC(Cl)N(N)C(CCCC)=N1. The molecule has 1 rings (SSSR count). The standard InChI is InChI=1S/C11H21ClN4/c1-3-5-7-9-14-10(8-6-4-2)16(13)11(12)15-9/h11H,3-8,13H2,1-2H3. The zero-order valence-electron chi connectivity index (χ0n) is 10.1. The summed E-state index contributed by atoms with van der Waals surface area (Å²) in [5, 5.41) is 1.46. The summed E-state index contributed by atoms with van der Waals surface area (Å²) in [6.07, 6.45) is 6.21. The lowest BCUT2D eigenvalue weighted by molar-refractivity contribution is 0.398. The van der Waals surface area contributed by atoms with Crippen molar-refractivity contribution in [1.82, 2.24) is 5.01 Å². The zero-order valence-corrected chi connectivity index (χ0v) is 10.9. The largest absolute Gasteiger partial charge is 0.259 e. The molecule has 4 nitrogen and oxygen atoms in total. The van der Waals surface area contributed by atoms with Crippen molar-refractivity contribution in [3.8, 4) is 0 Å². The lowest BCUT2D eigenvalue weighted by atomic mass is 10.2. The molecule has 0 aromatic heterocycles. The van der Waals surface area contributed by atoms with Crippen molar-refractivity contribution in [2.75, 3.05) is 0 Å². The maximum absolute atomic E-state index is 6.05. The molecule has 0 bridgehead atoms. The topological polar surface area (TPSA) is 54.0 Å². The van der Waals surface area contributed by atoms with Crippen LogP contribution in [0.4, 0.5) is 0 Å². The molecule has 0 aromatic rings. The van der Waals surface area contributed by atoms with Gasteiger partial charge in [-0.05, 0) is 12.8 Å². The number of amidine groups is 2. The third kappa shape index (κ3) is 3.76. The number of halogens is 1. The van der Waals surface area contributed by atoms with E-state index in [-0.39, 0.29) is 0 Å². The van der Waals surface area contributed by atoms with Gasteiger partial charge in [0.15, 0.2) is 0 Å². The van der Waals surface area contributed by atoms with Gasteiger partial charge in [0.1, 0.15) is 11.7 Å². The first-order valence-electron chi connectivity index (χ1n) is 6.01. The highest BCUT2D eigenvalue weighted by Gasteiger charge is 2.21. The molecule has 2 N–H and O–H groups in total. The lowest BCUT2D eigenvalue weighted by Crippen LogP contribution is -2.45. The van der Waals surface area contributed by atoms with E-state index in [1.165, 1.54) is 5.01 Å². The van der Waals surface area contributed by atoms with Crippen LogP contribution in [-0.4, -0.2) is 22.3 Å². The van der Waals surface area contributed by atoms with Gasteiger partial charge in [0, 0.05) is 12.8 Å². The van der Waals surface area contributed by atoms with Crippen LogP contribution in [0.5, 0.6) is 0 Å². The third-order valence-electron chi connectivity index (χ3n) is 2.55. The molecule has 1 unspecified atom stereocenters. The highest BCUT2D eigenvalue weighted by atomic mass is 35.5. The molecule has 1 heterocycles. The number of hydrazine groups is 1. The molecule has 0 amide bonds. The molecular formula is C11H21ClN4. The molecule has 0 aliphatic carbocycles. The summed E-state index contributed by atoms with van der Waals surface area (Å²) in [7, 11) is 0. The Morgan fingerprint density at radius 2 is 1.88 bits per heavy atom. The number of rotatable bonds is 6. The quantitative estimate of drug-likeness (QED) is 0.444. The molecule has 1 atom stereocenters. The molecule has 0 saturated carbocycles. The lowest BCUT2D eigenvalue weighted by Gasteiger charge is -2.27. The number of unbranched alkanes of at least 4 members (excludes halogenated alkanes) is 2. The molecule has 0 saturated heterocycles. The van der Waals surface area contributed by atoms with Crippen molar-refractivity contribution >= 4 is 23.3 Å². The monoisotopic (exact) mass is 244 g/mol. The Kier molecular flexibility index (Phi) is 5.77. The van der Waals surface area contributed by atoms with E-state index < -0.39 is 5.62 Å². The second-order valence-electron chi connectivity index (χ2n) is 4.00. The van der Waals surface area contributed by atoms with Crippen LogP contribution in [0.3, 0.4) is 0 Å². The van der Waals surface area contributed by atoms with E-state index in [2.05, 4.69) is 23.8 Å². The van der Waals surface area contributed by atoms with Crippen LogP contribution in [0.1, 0.15) is 52.4 Å². The number of hydrogen-bond donors (Lipinski definition) is 1. The molecule has 0 fully saturated rings. The molecule has 1 aliphatic heterocycles. The highest BCUT2D eigenvalue weighted by molar-refractivity contribution is 6.22. The predicted molar refractivity (Wildman–Crippen MR) is 69.6 cm³/mol. The number of aliphatic imine (C=N–C) groups is 2. The van der Waals surface area contributed by atoms with Gasteiger partial charge in [-0.1, -0.05) is 38.3 Å². The van der Waals surface area contributed by atoms with Gasteiger partial charge in [0.05, 0.1) is 0 Å². The van der Waals surface area contributed by atoms with E-state index in [1.807, 2.05) is 0 Å². The molecule has 16 heavy (non-hydrogen) atoms. The van der Waals surface area contributed by atoms with E-state index in [0.717, 1.165) is 50.2 Å². The second-order valence-corrected chi connectivity index (χ2v) is 4.39. The zero-order chi connectivity index (χ0) is 12.0. The highest BCUT2D eigenvalue weighted by Crippen LogP contribution is 2.15. The molecule has 1 aliphatic rings. The summed E-state index contributed by atoms with van der Waals surface area (Å²) < 4.78 is 0. The van der Waals surface area contributed by atoms with Crippen molar-refractivity contribution in [2.45, 2.75) is 58.0 Å². The Labute approximate surface area is 103 Å². The maximum atomic E-state index is 6.05. The average Bonchev–Trinajstić information content (AvgIpc) is 2.28. The van der Waals surface area contributed by atoms with Gasteiger partial charge in [-0.15, -0.1) is 0 Å². The van der Waals surface area contributed by atoms with Gasteiger partial charge < -0.3 is 0 Å². The van der Waals surface area contributed by atoms with E-state index in [1.54, 1.807) is 0 Å². The first kappa shape index (κ1) is 13.5. The predicted octanol–water partition coefficient (Wildman–Crippen LogP) is 2.88. The molecule has 0 radical (unpaired) electrons. The minimum atomic E-state index is -0.490. The first-order chi connectivity index (χ1) is 7.69. The summed E-state index contributed by atoms with van der Waals surface area (Å²) in [6.45, 7) is 4.30. The summed E-state index contributed by atoms with van der Waals surface area (Å²) in [5.41, 5.74) is -0.490. The number of hydrogen-bond acceptors (Lipinski definition) is 4. The van der Waals surface area contributed by atoms with E-state index in [4.69, 9.17) is 17.4 Å². The van der Waals surface area contributed by atoms with Crippen molar-refractivity contribution in [3.63, 3.8) is 0 Å². The van der Waals surface area contributed by atoms with Crippen LogP contribution in [0.2, 0.25) is 0 Å². The first-order valence-corrected chi connectivity index (χ1v) is 6.44. The van der Waals surface area contributed by atoms with Gasteiger partial charge in [0.2, 0.25) is 5.62 Å². The minimum absolute atomic E-state index is 0.490. The van der Waals surface area contributed by atoms with E-state index in [9.17, 15) is 0 Å². The van der Waals surface area contributed by atoms with Crippen LogP contribution in [0.15, 0.2) is 9.98 Å². The van der Waals surface area contributed by atoms with Crippen LogP contribution in [0.25, 0.3) is 0 Å². The van der Waals surface area contributed by atoms with Crippen LogP contribution in [-0.2, 0) is 0 Å². The molecule has 5 heteroatoms. The van der Waals surface area contributed by atoms with E-state index >= 15 is 0 Å². The van der Waals surface area contributed by atoms with E-state index in [0.29, 0.717) is 0 Å². The van der Waals surface area contributed by atoms with Crippen molar-refractivity contribution in [1.29, 1.82) is 0 Å². The molecule has 92 valence electrons. The number of alkyl halides is 1. The fraction of sp³-hybridized carbons (Fsp3) is 0.818. The van der Waals surface area contributed by atoms with Gasteiger partial charge in [-0.2, -0.15) is 0 Å².